The summed E-state index contributed by atoms with van der Waals surface area (Å²) in [5.41, 5.74) is 6.41. The van der Waals surface area contributed by atoms with Crippen LogP contribution in [-0.2, 0) is 0 Å². The predicted octanol–water partition coefficient (Wildman–Crippen LogP) is 5.14. The van der Waals surface area contributed by atoms with Gasteiger partial charge in [0.05, 0.1) is 0 Å². The number of oxazole rings is 1. The molecule has 20 heavy (non-hydrogen) atoms. The third kappa shape index (κ3) is 2.25. The Kier molecular flexibility index (Phi) is 3.15. The Bertz CT molecular complexity index is 740. The topological polar surface area (TPSA) is 26.0 Å². The van der Waals surface area contributed by atoms with Gasteiger partial charge in [-0.3, -0.25) is 0 Å². The van der Waals surface area contributed by atoms with E-state index < -0.39 is 0 Å². The van der Waals surface area contributed by atoms with Gasteiger partial charge in [-0.25, -0.2) is 4.98 Å². The molecule has 0 saturated carbocycles. The van der Waals surface area contributed by atoms with E-state index in [1.54, 1.807) is 0 Å². The minimum atomic E-state index is 0.678. The van der Waals surface area contributed by atoms with Crippen LogP contribution in [-0.4, -0.2) is 4.98 Å². The van der Waals surface area contributed by atoms with Crippen molar-refractivity contribution >= 4 is 17.2 Å². The number of benzene rings is 2. The zero-order valence-electron chi connectivity index (χ0n) is 12.0. The molecular formula is C18H17NO. The molecule has 0 fully saturated rings. The lowest BCUT2D eigenvalue weighted by Crippen LogP contribution is -1.80. The molecule has 0 atom stereocenters. The number of fused-ring (bicyclic) bond motifs is 1. The molecule has 0 spiro atoms. The summed E-state index contributed by atoms with van der Waals surface area (Å²) < 4.78 is 5.86. The van der Waals surface area contributed by atoms with E-state index in [4.69, 9.17) is 4.42 Å². The lowest BCUT2D eigenvalue weighted by atomic mass is 10.1. The second-order valence-corrected chi connectivity index (χ2v) is 5.05. The van der Waals surface area contributed by atoms with Gasteiger partial charge in [0.15, 0.2) is 5.58 Å². The maximum atomic E-state index is 5.86. The van der Waals surface area contributed by atoms with E-state index in [0.29, 0.717) is 5.89 Å². The lowest BCUT2D eigenvalue weighted by molar-refractivity contribution is 0.619. The molecule has 0 aliphatic rings. The molecule has 2 heteroatoms. The quantitative estimate of drug-likeness (QED) is 0.639. The lowest BCUT2D eigenvalue weighted by Gasteiger charge is -1.96. The fourth-order valence-corrected chi connectivity index (χ4v) is 2.23. The van der Waals surface area contributed by atoms with Crippen molar-refractivity contribution in [3.05, 3.63) is 59.2 Å². The molecule has 1 heterocycles. The van der Waals surface area contributed by atoms with E-state index in [-0.39, 0.29) is 0 Å². The highest BCUT2D eigenvalue weighted by Crippen LogP contribution is 2.26. The first-order valence-electron chi connectivity index (χ1n) is 6.78. The van der Waals surface area contributed by atoms with E-state index in [1.807, 2.05) is 25.1 Å². The number of aryl methyl sites for hydroxylation is 2. The first kappa shape index (κ1) is 12.7. The van der Waals surface area contributed by atoms with Crippen molar-refractivity contribution in [1.82, 2.24) is 4.98 Å². The van der Waals surface area contributed by atoms with Crippen LogP contribution in [0.3, 0.4) is 0 Å². The maximum absolute atomic E-state index is 5.86. The minimum absolute atomic E-state index is 0.678. The van der Waals surface area contributed by atoms with Gasteiger partial charge in [0, 0.05) is 5.56 Å². The molecule has 0 N–H and O–H groups in total. The number of hydrogen-bond donors (Lipinski definition) is 0. The highest BCUT2D eigenvalue weighted by molar-refractivity contribution is 5.78. The third-order valence-electron chi connectivity index (χ3n) is 3.52. The van der Waals surface area contributed by atoms with E-state index in [0.717, 1.165) is 16.7 Å². The Labute approximate surface area is 118 Å². The summed E-state index contributed by atoms with van der Waals surface area (Å²) in [5, 5.41) is 0. The normalized spacial score (nSPS) is 11.6. The van der Waals surface area contributed by atoms with Crippen LogP contribution < -0.4 is 0 Å². The van der Waals surface area contributed by atoms with Crippen LogP contribution in [0.25, 0.3) is 28.6 Å². The Morgan fingerprint density at radius 1 is 1.00 bits per heavy atom. The molecule has 1 aromatic heterocycles. The fourth-order valence-electron chi connectivity index (χ4n) is 2.23. The number of aromatic nitrogens is 1. The van der Waals surface area contributed by atoms with Crippen LogP contribution in [0.1, 0.15) is 23.6 Å². The van der Waals surface area contributed by atoms with Crippen LogP contribution in [0.5, 0.6) is 0 Å². The summed E-state index contributed by atoms with van der Waals surface area (Å²) in [4.78, 5) is 4.58. The summed E-state index contributed by atoms with van der Waals surface area (Å²) in [6.07, 6.45) is 4.10. The van der Waals surface area contributed by atoms with Gasteiger partial charge in [0.1, 0.15) is 5.52 Å². The number of allylic oxidation sites excluding steroid dienone is 1. The molecule has 0 unspecified atom stereocenters. The average molecular weight is 263 g/mol. The zero-order chi connectivity index (χ0) is 14.1. The summed E-state index contributed by atoms with van der Waals surface area (Å²) in [7, 11) is 0. The maximum Gasteiger partial charge on any atom is 0.227 e. The Morgan fingerprint density at radius 3 is 2.40 bits per heavy atom. The van der Waals surface area contributed by atoms with Crippen molar-refractivity contribution in [3.63, 3.8) is 0 Å². The van der Waals surface area contributed by atoms with Crippen molar-refractivity contribution in [2.75, 3.05) is 0 Å². The SMILES string of the molecule is C/C=C/c1ccc(-c2nc3cc(C)c(C)cc3o2)cc1. The molecule has 2 nitrogen and oxygen atoms in total. The summed E-state index contributed by atoms with van der Waals surface area (Å²) in [6, 6.07) is 12.3. The highest BCUT2D eigenvalue weighted by Gasteiger charge is 2.09. The first-order chi connectivity index (χ1) is 9.67. The van der Waals surface area contributed by atoms with Gasteiger partial charge >= 0.3 is 0 Å². The zero-order valence-corrected chi connectivity index (χ0v) is 12.0. The monoisotopic (exact) mass is 263 g/mol. The Morgan fingerprint density at radius 2 is 1.70 bits per heavy atom. The van der Waals surface area contributed by atoms with Crippen molar-refractivity contribution in [1.29, 1.82) is 0 Å². The van der Waals surface area contributed by atoms with Gasteiger partial charge in [-0.1, -0.05) is 24.3 Å². The van der Waals surface area contributed by atoms with Crippen LogP contribution in [0.2, 0.25) is 0 Å². The molecular weight excluding hydrogens is 246 g/mol. The van der Waals surface area contributed by atoms with Crippen LogP contribution in [0, 0.1) is 13.8 Å². The molecule has 100 valence electrons. The Hall–Kier alpha value is -2.35. The minimum Gasteiger partial charge on any atom is -0.436 e. The van der Waals surface area contributed by atoms with Gasteiger partial charge in [-0.15, -0.1) is 0 Å². The van der Waals surface area contributed by atoms with E-state index in [9.17, 15) is 0 Å². The molecule has 0 aliphatic heterocycles. The number of nitrogens with zero attached hydrogens (tertiary/aromatic N) is 1. The molecule has 3 aromatic rings. The smallest absolute Gasteiger partial charge is 0.227 e. The molecule has 0 radical (unpaired) electrons. The van der Waals surface area contributed by atoms with E-state index in [2.05, 4.69) is 49.2 Å². The molecule has 0 bridgehead atoms. The fraction of sp³-hybridized carbons (Fsp3) is 0.167. The van der Waals surface area contributed by atoms with Crippen LogP contribution >= 0.6 is 0 Å². The summed E-state index contributed by atoms with van der Waals surface area (Å²) in [5.74, 6) is 0.678. The van der Waals surface area contributed by atoms with Gasteiger partial charge in [0.25, 0.3) is 0 Å². The predicted molar refractivity (Wildman–Crippen MR) is 83.6 cm³/mol. The molecule has 2 aromatic carbocycles. The molecule has 0 saturated heterocycles. The second-order valence-electron chi connectivity index (χ2n) is 5.05. The number of rotatable bonds is 2. The Balaban J connectivity index is 2.05. The van der Waals surface area contributed by atoms with Crippen molar-refractivity contribution in [2.24, 2.45) is 0 Å². The standard InChI is InChI=1S/C18H17NO/c1-4-5-14-6-8-15(9-7-14)18-19-16-10-12(2)13(3)11-17(16)20-18/h4-11H,1-3H3/b5-4+. The van der Waals surface area contributed by atoms with E-state index in [1.165, 1.54) is 16.7 Å². The van der Waals surface area contributed by atoms with Crippen molar-refractivity contribution in [3.8, 4) is 11.5 Å². The molecule has 0 amide bonds. The van der Waals surface area contributed by atoms with Gasteiger partial charge in [-0.2, -0.15) is 0 Å². The van der Waals surface area contributed by atoms with Crippen molar-refractivity contribution in [2.45, 2.75) is 20.8 Å². The second kappa shape index (κ2) is 4.97. The average Bonchev–Trinajstić information content (AvgIpc) is 2.83. The van der Waals surface area contributed by atoms with Crippen LogP contribution in [0.15, 0.2) is 46.9 Å². The summed E-state index contributed by atoms with van der Waals surface area (Å²) in [6.45, 7) is 6.19. The largest absolute Gasteiger partial charge is 0.436 e. The third-order valence-corrected chi connectivity index (χ3v) is 3.52. The molecule has 0 aliphatic carbocycles. The molecule has 3 rings (SSSR count). The first-order valence-corrected chi connectivity index (χ1v) is 6.78. The highest BCUT2D eigenvalue weighted by atomic mass is 16.3. The summed E-state index contributed by atoms with van der Waals surface area (Å²) >= 11 is 0. The van der Waals surface area contributed by atoms with Crippen LogP contribution in [0.4, 0.5) is 0 Å². The van der Waals surface area contributed by atoms with Gasteiger partial charge in [0.2, 0.25) is 5.89 Å². The van der Waals surface area contributed by atoms with E-state index >= 15 is 0 Å². The number of hydrogen-bond acceptors (Lipinski definition) is 2. The van der Waals surface area contributed by atoms with Crippen molar-refractivity contribution < 1.29 is 4.42 Å². The van der Waals surface area contributed by atoms with Gasteiger partial charge in [-0.05, 0) is 61.7 Å². The van der Waals surface area contributed by atoms with Gasteiger partial charge < -0.3 is 4.42 Å².